The van der Waals surface area contributed by atoms with E-state index in [1.807, 2.05) is 18.2 Å². The second-order valence-corrected chi connectivity index (χ2v) is 6.03. The number of fused-ring (bicyclic) bond motifs is 1. The van der Waals surface area contributed by atoms with Gasteiger partial charge in [-0.2, -0.15) is 13.2 Å². The van der Waals surface area contributed by atoms with E-state index in [4.69, 9.17) is 0 Å². The van der Waals surface area contributed by atoms with Crippen LogP contribution in [0.4, 0.5) is 19.0 Å². The molecule has 1 unspecified atom stereocenters. The van der Waals surface area contributed by atoms with Crippen LogP contribution in [0.5, 0.6) is 0 Å². The first-order chi connectivity index (χ1) is 12.0. The molecule has 1 fully saturated rings. The molecule has 2 N–H and O–H groups in total. The van der Waals surface area contributed by atoms with Gasteiger partial charge in [0.25, 0.3) is 0 Å². The Kier molecular flexibility index (Phi) is 3.84. The fraction of sp³-hybridized carbons (Fsp3) is 0.294. The van der Waals surface area contributed by atoms with Crippen molar-refractivity contribution in [2.45, 2.75) is 18.6 Å². The quantitative estimate of drug-likeness (QED) is 0.764. The number of halogens is 3. The Labute approximate surface area is 141 Å². The lowest BCUT2D eigenvalue weighted by Gasteiger charge is -2.13. The van der Waals surface area contributed by atoms with Crippen molar-refractivity contribution in [3.63, 3.8) is 0 Å². The Morgan fingerprint density at radius 3 is 2.88 bits per heavy atom. The Balaban J connectivity index is 1.67. The number of aromatic nitrogens is 3. The molecule has 25 heavy (non-hydrogen) atoms. The molecule has 4 heterocycles. The fourth-order valence-corrected chi connectivity index (χ4v) is 2.99. The van der Waals surface area contributed by atoms with Gasteiger partial charge in [-0.15, -0.1) is 0 Å². The van der Waals surface area contributed by atoms with Crippen LogP contribution in [0.3, 0.4) is 0 Å². The van der Waals surface area contributed by atoms with E-state index in [-0.39, 0.29) is 5.65 Å². The number of nitrogens with zero attached hydrogens (tertiary/aromatic N) is 3. The molecule has 1 aliphatic heterocycles. The van der Waals surface area contributed by atoms with Gasteiger partial charge in [-0.05, 0) is 37.2 Å². The summed E-state index contributed by atoms with van der Waals surface area (Å²) in [6, 6.07) is 7.99. The lowest BCUT2D eigenvalue weighted by Crippen LogP contribution is -2.22. The summed E-state index contributed by atoms with van der Waals surface area (Å²) < 4.78 is 40.1. The summed E-state index contributed by atoms with van der Waals surface area (Å²) in [6.45, 7) is 1.87. The van der Waals surface area contributed by atoms with E-state index >= 15 is 0 Å². The smallest absolute Gasteiger partial charge is 0.366 e. The third-order valence-electron chi connectivity index (χ3n) is 4.26. The standard InChI is InChI=1S/C17H16F3N5/c18-17(19,20)11-5-7-25-14(10-22-16(25)8-11)13-2-1-3-15(24-13)23-12-4-6-21-9-12/h1-3,5,7-8,10,12,21H,4,6,9H2,(H,23,24). The maximum atomic E-state index is 12.8. The fourth-order valence-electron chi connectivity index (χ4n) is 2.99. The summed E-state index contributed by atoms with van der Waals surface area (Å²) in [7, 11) is 0. The van der Waals surface area contributed by atoms with Crippen molar-refractivity contribution < 1.29 is 13.2 Å². The number of hydrogen-bond donors (Lipinski definition) is 2. The minimum Gasteiger partial charge on any atom is -0.366 e. The van der Waals surface area contributed by atoms with E-state index in [1.165, 1.54) is 6.20 Å². The van der Waals surface area contributed by atoms with Crippen LogP contribution in [0, 0.1) is 0 Å². The average Bonchev–Trinajstić information content (AvgIpc) is 3.23. The van der Waals surface area contributed by atoms with E-state index in [9.17, 15) is 13.2 Å². The number of hydrogen-bond acceptors (Lipinski definition) is 4. The number of nitrogens with one attached hydrogen (secondary N) is 2. The lowest BCUT2D eigenvalue weighted by atomic mass is 10.2. The maximum Gasteiger partial charge on any atom is 0.416 e. The Morgan fingerprint density at radius 1 is 1.24 bits per heavy atom. The van der Waals surface area contributed by atoms with Crippen LogP contribution in [0.25, 0.3) is 17.0 Å². The predicted molar refractivity (Wildman–Crippen MR) is 88.3 cm³/mol. The van der Waals surface area contributed by atoms with E-state index in [2.05, 4.69) is 20.6 Å². The van der Waals surface area contributed by atoms with Gasteiger partial charge >= 0.3 is 6.18 Å². The van der Waals surface area contributed by atoms with E-state index in [0.717, 1.165) is 37.5 Å². The van der Waals surface area contributed by atoms with Crippen molar-refractivity contribution in [1.29, 1.82) is 0 Å². The molecule has 5 nitrogen and oxygen atoms in total. The minimum atomic E-state index is -4.38. The van der Waals surface area contributed by atoms with E-state index in [0.29, 0.717) is 17.4 Å². The zero-order chi connectivity index (χ0) is 17.4. The van der Waals surface area contributed by atoms with Crippen LogP contribution >= 0.6 is 0 Å². The zero-order valence-electron chi connectivity index (χ0n) is 13.2. The molecule has 1 aliphatic rings. The van der Waals surface area contributed by atoms with Crippen molar-refractivity contribution in [2.24, 2.45) is 0 Å². The molecule has 0 aromatic carbocycles. The molecule has 3 aromatic rings. The van der Waals surface area contributed by atoms with Crippen molar-refractivity contribution in [1.82, 2.24) is 19.7 Å². The monoisotopic (exact) mass is 347 g/mol. The molecule has 8 heteroatoms. The first kappa shape index (κ1) is 15.9. The molecule has 0 saturated carbocycles. The van der Waals surface area contributed by atoms with Crippen LogP contribution < -0.4 is 10.6 Å². The molecular weight excluding hydrogens is 331 g/mol. The van der Waals surface area contributed by atoms with Crippen LogP contribution in [-0.4, -0.2) is 33.5 Å². The minimum absolute atomic E-state index is 0.241. The molecular formula is C17H16F3N5. The Morgan fingerprint density at radius 2 is 2.12 bits per heavy atom. The molecule has 0 spiro atoms. The summed E-state index contributed by atoms with van der Waals surface area (Å²) in [4.78, 5) is 8.67. The van der Waals surface area contributed by atoms with Gasteiger partial charge in [0.15, 0.2) is 0 Å². The maximum absolute atomic E-state index is 12.8. The summed E-state index contributed by atoms with van der Waals surface area (Å²) >= 11 is 0. The number of alkyl halides is 3. The van der Waals surface area contributed by atoms with E-state index in [1.54, 1.807) is 10.6 Å². The summed E-state index contributed by atoms with van der Waals surface area (Å²) in [5, 5.41) is 6.65. The molecule has 0 aliphatic carbocycles. The molecule has 4 rings (SSSR count). The highest BCUT2D eigenvalue weighted by atomic mass is 19.4. The Bertz CT molecular complexity index is 897. The SMILES string of the molecule is FC(F)(F)c1ccn2c(-c3cccc(NC4CCNC4)n3)cnc2c1. The second-order valence-electron chi connectivity index (χ2n) is 6.03. The van der Waals surface area contributed by atoms with E-state index < -0.39 is 11.7 Å². The Hall–Kier alpha value is -2.61. The average molecular weight is 347 g/mol. The van der Waals surface area contributed by atoms with Crippen LogP contribution in [-0.2, 0) is 6.18 Å². The number of imidazole rings is 1. The van der Waals surface area contributed by atoms with Crippen LogP contribution in [0.1, 0.15) is 12.0 Å². The van der Waals surface area contributed by atoms with Gasteiger partial charge < -0.3 is 10.6 Å². The molecule has 1 saturated heterocycles. The molecule has 130 valence electrons. The number of rotatable bonds is 3. The summed E-state index contributed by atoms with van der Waals surface area (Å²) in [5.41, 5.74) is 0.833. The highest BCUT2D eigenvalue weighted by Crippen LogP contribution is 2.30. The van der Waals surface area contributed by atoms with Gasteiger partial charge in [0.1, 0.15) is 11.5 Å². The predicted octanol–water partition coefficient (Wildman–Crippen LogP) is 3.19. The van der Waals surface area contributed by atoms with Crippen LogP contribution in [0.2, 0.25) is 0 Å². The first-order valence-electron chi connectivity index (χ1n) is 8.00. The number of pyridine rings is 2. The van der Waals surface area contributed by atoms with Crippen LogP contribution in [0.15, 0.2) is 42.7 Å². The summed E-state index contributed by atoms with van der Waals surface area (Å²) in [6.07, 6.45) is -0.436. The molecule has 1 atom stereocenters. The van der Waals surface area contributed by atoms with Crippen molar-refractivity contribution in [2.75, 3.05) is 18.4 Å². The van der Waals surface area contributed by atoms with Crippen molar-refractivity contribution in [3.05, 3.63) is 48.3 Å². The lowest BCUT2D eigenvalue weighted by molar-refractivity contribution is -0.137. The summed E-state index contributed by atoms with van der Waals surface area (Å²) in [5.74, 6) is 0.744. The van der Waals surface area contributed by atoms with Gasteiger partial charge in [-0.3, -0.25) is 4.40 Å². The normalized spacial score (nSPS) is 18.0. The van der Waals surface area contributed by atoms with Gasteiger partial charge in [-0.25, -0.2) is 9.97 Å². The van der Waals surface area contributed by atoms with Crippen molar-refractivity contribution >= 4 is 11.5 Å². The zero-order valence-corrected chi connectivity index (χ0v) is 13.2. The molecule has 0 radical (unpaired) electrons. The second kappa shape index (κ2) is 6.03. The van der Waals surface area contributed by atoms with Gasteiger partial charge in [-0.1, -0.05) is 6.07 Å². The largest absolute Gasteiger partial charge is 0.416 e. The third kappa shape index (κ3) is 3.17. The molecule has 3 aromatic heterocycles. The first-order valence-corrected chi connectivity index (χ1v) is 8.00. The van der Waals surface area contributed by atoms with Gasteiger partial charge in [0.05, 0.1) is 23.1 Å². The molecule has 0 amide bonds. The van der Waals surface area contributed by atoms with Gasteiger partial charge in [0.2, 0.25) is 0 Å². The van der Waals surface area contributed by atoms with Crippen molar-refractivity contribution in [3.8, 4) is 11.4 Å². The number of anilines is 1. The molecule has 0 bridgehead atoms. The topological polar surface area (TPSA) is 54.2 Å². The highest BCUT2D eigenvalue weighted by molar-refractivity contribution is 5.62. The third-order valence-corrected chi connectivity index (χ3v) is 4.26. The van der Waals surface area contributed by atoms with Gasteiger partial charge in [0, 0.05) is 18.8 Å². The highest BCUT2D eigenvalue weighted by Gasteiger charge is 2.31.